The Hall–Kier alpha value is -2.99. The quantitative estimate of drug-likeness (QED) is 0.761. The van der Waals surface area contributed by atoms with Crippen LogP contribution in [0.2, 0.25) is 0 Å². The number of nitrogens with two attached hydrogens (primary N) is 1. The zero-order valence-corrected chi connectivity index (χ0v) is 14.0. The van der Waals surface area contributed by atoms with E-state index in [-0.39, 0.29) is 24.3 Å². The van der Waals surface area contributed by atoms with Crippen molar-refractivity contribution in [3.05, 3.63) is 65.7 Å². The Balaban J connectivity index is 1.55. The third-order valence-corrected chi connectivity index (χ3v) is 5.88. The van der Waals surface area contributed by atoms with Gasteiger partial charge < -0.3 is 10.6 Å². The summed E-state index contributed by atoms with van der Waals surface area (Å²) >= 11 is 0. The Bertz CT molecular complexity index is 942. The molecule has 6 heteroatoms. The average Bonchev–Trinajstić information content (AvgIpc) is 3.26. The Morgan fingerprint density at radius 3 is 2.54 bits per heavy atom. The highest BCUT2D eigenvalue weighted by Crippen LogP contribution is 2.47. The van der Waals surface area contributed by atoms with Gasteiger partial charge in [-0.1, -0.05) is 48.5 Å². The van der Waals surface area contributed by atoms with E-state index in [2.05, 4.69) is 5.32 Å². The highest BCUT2D eigenvalue weighted by atomic mass is 16.2. The minimum Gasteiger partial charge on any atom is -0.328 e. The molecule has 3 heterocycles. The Labute approximate surface area is 150 Å². The molecule has 0 saturated carbocycles. The fourth-order valence-electron chi connectivity index (χ4n) is 4.71. The van der Waals surface area contributed by atoms with Gasteiger partial charge in [-0.2, -0.15) is 0 Å². The zero-order valence-electron chi connectivity index (χ0n) is 14.0. The molecule has 3 atom stereocenters. The summed E-state index contributed by atoms with van der Waals surface area (Å²) < 4.78 is 0. The number of nitrogens with one attached hydrogen (secondary N) is 1. The van der Waals surface area contributed by atoms with Crippen LogP contribution in [0.5, 0.6) is 0 Å². The fourth-order valence-corrected chi connectivity index (χ4v) is 4.71. The summed E-state index contributed by atoms with van der Waals surface area (Å²) in [7, 11) is 0. The number of hydrogen-bond donors (Lipinski definition) is 2. The number of likely N-dealkylation sites (tertiary alicyclic amines) is 1. The van der Waals surface area contributed by atoms with Gasteiger partial charge >= 0.3 is 0 Å². The summed E-state index contributed by atoms with van der Waals surface area (Å²) in [4.78, 5) is 40.4. The van der Waals surface area contributed by atoms with Crippen LogP contribution in [0.4, 0.5) is 5.69 Å². The Kier molecular flexibility index (Phi) is 3.09. The summed E-state index contributed by atoms with van der Waals surface area (Å²) in [6, 6.07) is 16.9. The van der Waals surface area contributed by atoms with Crippen molar-refractivity contribution in [3.8, 4) is 0 Å². The van der Waals surface area contributed by atoms with E-state index >= 15 is 0 Å². The van der Waals surface area contributed by atoms with Crippen LogP contribution < -0.4 is 10.6 Å². The molecule has 0 aromatic heterocycles. The molecular formula is C20H18N3O3+. The van der Waals surface area contributed by atoms with E-state index in [4.69, 9.17) is 0 Å². The number of rotatable bonds is 2. The van der Waals surface area contributed by atoms with Crippen LogP contribution in [-0.2, 0) is 26.5 Å². The second kappa shape index (κ2) is 5.25. The molecule has 3 aliphatic rings. The van der Waals surface area contributed by atoms with Crippen LogP contribution in [-0.4, -0.2) is 29.2 Å². The molecule has 130 valence electrons. The molecule has 3 amide bonds. The van der Waals surface area contributed by atoms with Crippen LogP contribution in [0.1, 0.15) is 11.1 Å². The second-order valence-electron chi connectivity index (χ2n) is 7.14. The lowest BCUT2D eigenvalue weighted by Gasteiger charge is -2.25. The molecule has 1 spiro atoms. The number of para-hydroxylation sites is 1. The lowest BCUT2D eigenvalue weighted by molar-refractivity contribution is -0.704. The second-order valence-corrected chi connectivity index (χ2v) is 7.14. The van der Waals surface area contributed by atoms with Crippen LogP contribution in [0.15, 0.2) is 54.6 Å². The molecule has 0 unspecified atom stereocenters. The first-order chi connectivity index (χ1) is 12.6. The number of carbonyl (C=O) groups is 3. The van der Waals surface area contributed by atoms with E-state index in [0.717, 1.165) is 16.8 Å². The largest absolute Gasteiger partial charge is 0.328 e. The van der Waals surface area contributed by atoms with Crippen molar-refractivity contribution >= 4 is 23.4 Å². The lowest BCUT2D eigenvalue weighted by atomic mass is 9.77. The van der Waals surface area contributed by atoms with Gasteiger partial charge in [0.15, 0.2) is 0 Å². The molecule has 3 N–H and O–H groups in total. The summed E-state index contributed by atoms with van der Waals surface area (Å²) in [5.74, 6) is -1.72. The van der Waals surface area contributed by atoms with E-state index in [1.807, 2.05) is 59.9 Å². The Morgan fingerprint density at radius 1 is 1.00 bits per heavy atom. The van der Waals surface area contributed by atoms with Crippen LogP contribution in [0.3, 0.4) is 0 Å². The van der Waals surface area contributed by atoms with Crippen LogP contribution in [0.25, 0.3) is 0 Å². The van der Waals surface area contributed by atoms with E-state index in [0.29, 0.717) is 6.54 Å². The van der Waals surface area contributed by atoms with Crippen LogP contribution in [0, 0.1) is 11.8 Å². The van der Waals surface area contributed by atoms with Gasteiger partial charge in [0.05, 0.1) is 18.8 Å². The van der Waals surface area contributed by atoms with E-state index in [9.17, 15) is 14.4 Å². The van der Waals surface area contributed by atoms with Gasteiger partial charge in [-0.3, -0.25) is 19.3 Å². The Morgan fingerprint density at radius 2 is 1.73 bits per heavy atom. The van der Waals surface area contributed by atoms with Crippen molar-refractivity contribution in [1.82, 2.24) is 4.90 Å². The number of imide groups is 1. The number of fused-ring (bicyclic) bond motifs is 4. The molecule has 3 aliphatic heterocycles. The normalized spacial score (nSPS) is 29.2. The number of nitrogens with zero attached hydrogens (tertiary/aromatic N) is 1. The number of amides is 3. The van der Waals surface area contributed by atoms with E-state index in [1.165, 1.54) is 4.90 Å². The molecule has 2 aromatic carbocycles. The number of quaternary nitrogens is 1. The highest BCUT2D eigenvalue weighted by Gasteiger charge is 2.71. The van der Waals surface area contributed by atoms with Gasteiger partial charge in [0.25, 0.3) is 5.91 Å². The van der Waals surface area contributed by atoms with E-state index < -0.39 is 17.4 Å². The summed E-state index contributed by atoms with van der Waals surface area (Å²) in [6.07, 6.45) is 0. The van der Waals surface area contributed by atoms with Crippen molar-refractivity contribution in [2.45, 2.75) is 12.1 Å². The maximum absolute atomic E-state index is 13.2. The SMILES string of the molecule is O=C1[C@H]2C[NH2+][C@@]3(C(=O)Nc4ccccc43)[C@@H]2C(=O)N1Cc1ccccc1. The lowest BCUT2D eigenvalue weighted by Crippen LogP contribution is -2.95. The van der Waals surface area contributed by atoms with Crippen molar-refractivity contribution in [1.29, 1.82) is 0 Å². The van der Waals surface area contributed by atoms with Crippen molar-refractivity contribution in [2.75, 3.05) is 11.9 Å². The molecule has 5 rings (SSSR count). The molecular weight excluding hydrogens is 330 g/mol. The molecule has 0 aliphatic carbocycles. The predicted molar refractivity (Wildman–Crippen MR) is 92.5 cm³/mol. The van der Waals surface area contributed by atoms with Gasteiger partial charge in [0, 0.05) is 5.56 Å². The monoisotopic (exact) mass is 348 g/mol. The summed E-state index contributed by atoms with van der Waals surface area (Å²) in [5.41, 5.74) is 1.42. The molecule has 0 bridgehead atoms. The first-order valence-electron chi connectivity index (χ1n) is 8.77. The maximum Gasteiger partial charge on any atom is 0.291 e. The van der Waals surface area contributed by atoms with E-state index in [1.54, 1.807) is 0 Å². The van der Waals surface area contributed by atoms with Crippen molar-refractivity contribution < 1.29 is 19.7 Å². The number of hydrogen-bond acceptors (Lipinski definition) is 3. The van der Waals surface area contributed by atoms with Crippen molar-refractivity contribution in [2.24, 2.45) is 11.8 Å². The molecule has 0 radical (unpaired) electrons. The topological polar surface area (TPSA) is 83.1 Å². The third kappa shape index (κ3) is 1.82. The predicted octanol–water partition coefficient (Wildman–Crippen LogP) is 0.212. The maximum atomic E-state index is 13.2. The van der Waals surface area contributed by atoms with Gasteiger partial charge in [-0.05, 0) is 11.6 Å². The fraction of sp³-hybridized carbons (Fsp3) is 0.250. The summed E-state index contributed by atoms with van der Waals surface area (Å²) in [5, 5.41) is 4.76. The number of benzene rings is 2. The smallest absolute Gasteiger partial charge is 0.291 e. The van der Waals surface area contributed by atoms with Gasteiger partial charge in [-0.25, -0.2) is 0 Å². The first-order valence-corrected chi connectivity index (χ1v) is 8.77. The minimum atomic E-state index is -1.03. The average molecular weight is 348 g/mol. The molecule has 26 heavy (non-hydrogen) atoms. The molecule has 6 nitrogen and oxygen atoms in total. The van der Waals surface area contributed by atoms with Gasteiger partial charge in [0.1, 0.15) is 11.8 Å². The minimum absolute atomic E-state index is 0.172. The zero-order chi connectivity index (χ0) is 17.9. The first kappa shape index (κ1) is 15.3. The molecule has 2 saturated heterocycles. The molecule has 2 fully saturated rings. The molecule has 2 aromatic rings. The van der Waals surface area contributed by atoms with Gasteiger partial charge in [-0.15, -0.1) is 0 Å². The number of carbonyl (C=O) groups excluding carboxylic acids is 3. The van der Waals surface area contributed by atoms with Crippen molar-refractivity contribution in [3.63, 3.8) is 0 Å². The summed E-state index contributed by atoms with van der Waals surface area (Å²) in [6.45, 7) is 0.702. The van der Waals surface area contributed by atoms with Gasteiger partial charge in [0.2, 0.25) is 17.4 Å². The number of anilines is 1. The third-order valence-electron chi connectivity index (χ3n) is 5.88. The standard InChI is InChI=1S/C20H17N3O3/c24-17-13-10-21-20(14-8-4-5-9-15(14)22-19(20)26)16(13)18(25)23(17)11-12-6-2-1-3-7-12/h1-9,13,16,21H,10-11H2,(H,22,26)/p+1/t13-,16-,20+/m0/s1. The van der Waals surface area contributed by atoms with Crippen LogP contribution >= 0.6 is 0 Å². The highest BCUT2D eigenvalue weighted by molar-refractivity contribution is 6.13.